The lowest BCUT2D eigenvalue weighted by atomic mass is 9.91. The summed E-state index contributed by atoms with van der Waals surface area (Å²) in [5, 5.41) is -0.918. The molecular weight excluding hydrogens is 374 g/mol. The summed E-state index contributed by atoms with van der Waals surface area (Å²) in [6.45, 7) is 5.77. The molecule has 0 radical (unpaired) electrons. The van der Waals surface area contributed by atoms with Crippen molar-refractivity contribution in [2.45, 2.75) is 36.5 Å². The average molecular weight is 402 g/mol. The molecule has 2 heterocycles. The Morgan fingerprint density at radius 3 is 2.15 bits per heavy atom. The van der Waals surface area contributed by atoms with Crippen LogP contribution in [-0.4, -0.2) is 64.7 Å². The van der Waals surface area contributed by atoms with E-state index >= 15 is 0 Å². The zero-order valence-electron chi connectivity index (χ0n) is 15.5. The molecule has 2 saturated heterocycles. The van der Waals surface area contributed by atoms with E-state index < -0.39 is 31.0 Å². The molecule has 6 nitrogen and oxygen atoms in total. The smallest absolute Gasteiger partial charge is 0.183 e. The van der Waals surface area contributed by atoms with Crippen molar-refractivity contribution in [3.05, 3.63) is 24.3 Å². The van der Waals surface area contributed by atoms with E-state index in [0.717, 1.165) is 19.5 Å². The second-order valence-corrected chi connectivity index (χ2v) is 12.1. The van der Waals surface area contributed by atoms with Gasteiger partial charge in [-0.1, -0.05) is 13.8 Å². The highest BCUT2D eigenvalue weighted by Gasteiger charge is 2.49. The monoisotopic (exact) mass is 401 g/mol. The molecule has 0 aromatic heterocycles. The molecule has 2 aliphatic heterocycles. The number of ether oxygens (including phenoxy) is 1. The van der Waals surface area contributed by atoms with E-state index in [2.05, 4.69) is 18.7 Å². The molecular formula is C18H27NO5S2. The molecule has 8 heteroatoms. The van der Waals surface area contributed by atoms with Crippen LogP contribution in [0, 0.1) is 11.8 Å². The van der Waals surface area contributed by atoms with E-state index in [0.29, 0.717) is 17.6 Å². The summed E-state index contributed by atoms with van der Waals surface area (Å²) < 4.78 is 56.1. The van der Waals surface area contributed by atoms with E-state index in [-0.39, 0.29) is 16.4 Å². The third kappa shape index (κ3) is 3.92. The maximum absolute atomic E-state index is 13.2. The van der Waals surface area contributed by atoms with Crippen LogP contribution in [-0.2, 0) is 19.7 Å². The summed E-state index contributed by atoms with van der Waals surface area (Å²) in [5.41, 5.74) is 0. The molecule has 2 fully saturated rings. The molecule has 0 bridgehead atoms. The fourth-order valence-electron chi connectivity index (χ4n) is 4.36. The van der Waals surface area contributed by atoms with E-state index in [1.165, 1.54) is 19.2 Å². The van der Waals surface area contributed by atoms with Gasteiger partial charge in [0, 0.05) is 19.1 Å². The molecule has 2 aliphatic rings. The van der Waals surface area contributed by atoms with E-state index in [1.54, 1.807) is 12.1 Å². The molecule has 0 amide bonds. The highest BCUT2D eigenvalue weighted by molar-refractivity contribution is 7.96. The van der Waals surface area contributed by atoms with Crippen LogP contribution in [0.1, 0.15) is 20.3 Å². The van der Waals surface area contributed by atoms with Crippen LogP contribution < -0.4 is 4.74 Å². The molecule has 0 spiro atoms. The summed E-state index contributed by atoms with van der Waals surface area (Å²) in [4.78, 5) is 2.25. The van der Waals surface area contributed by atoms with E-state index in [1.807, 2.05) is 0 Å². The van der Waals surface area contributed by atoms with Gasteiger partial charge in [-0.25, -0.2) is 16.8 Å². The summed E-state index contributed by atoms with van der Waals surface area (Å²) in [6, 6.07) is 5.71. The molecule has 1 aromatic rings. The van der Waals surface area contributed by atoms with Crippen LogP contribution in [0.3, 0.4) is 0 Å². The molecule has 26 heavy (non-hydrogen) atoms. The predicted octanol–water partition coefficient (Wildman–Crippen LogP) is 1.61. The number of sulfone groups is 2. The second-order valence-electron chi connectivity index (χ2n) is 7.80. The lowest BCUT2D eigenvalue weighted by Gasteiger charge is -2.40. The molecule has 0 unspecified atom stereocenters. The fourth-order valence-corrected chi connectivity index (χ4v) is 9.19. The van der Waals surface area contributed by atoms with Crippen molar-refractivity contribution >= 4 is 19.7 Å². The molecule has 1 aromatic carbocycles. The van der Waals surface area contributed by atoms with Gasteiger partial charge in [-0.2, -0.15) is 0 Å². The third-order valence-electron chi connectivity index (χ3n) is 5.42. The first kappa shape index (κ1) is 19.6. The number of hydrogen-bond acceptors (Lipinski definition) is 6. The Morgan fingerprint density at radius 2 is 1.62 bits per heavy atom. The Labute approximate surface area is 156 Å². The first-order valence-electron chi connectivity index (χ1n) is 8.95. The van der Waals surface area contributed by atoms with Gasteiger partial charge >= 0.3 is 0 Å². The molecule has 0 N–H and O–H groups in total. The minimum absolute atomic E-state index is 0.0769. The predicted molar refractivity (Wildman–Crippen MR) is 101 cm³/mol. The Morgan fingerprint density at radius 1 is 1.04 bits per heavy atom. The van der Waals surface area contributed by atoms with Gasteiger partial charge < -0.3 is 4.74 Å². The second kappa shape index (κ2) is 7.13. The van der Waals surface area contributed by atoms with Crippen LogP contribution in [0.25, 0.3) is 0 Å². The Hall–Kier alpha value is -1.12. The summed E-state index contributed by atoms with van der Waals surface area (Å²) in [6.07, 6.45) is 1.09. The van der Waals surface area contributed by atoms with Crippen molar-refractivity contribution in [1.29, 1.82) is 0 Å². The first-order valence-corrected chi connectivity index (χ1v) is 12.3. The maximum Gasteiger partial charge on any atom is 0.183 e. The topological polar surface area (TPSA) is 80.8 Å². The van der Waals surface area contributed by atoms with Crippen LogP contribution in [0.15, 0.2) is 29.2 Å². The van der Waals surface area contributed by atoms with Crippen molar-refractivity contribution in [2.24, 2.45) is 11.8 Å². The molecule has 0 aliphatic carbocycles. The fraction of sp³-hybridized carbons (Fsp3) is 0.667. The normalized spacial score (nSPS) is 32.4. The Balaban J connectivity index is 1.94. The Bertz CT molecular complexity index is 838. The number of rotatable bonds is 4. The first-order chi connectivity index (χ1) is 12.1. The minimum Gasteiger partial charge on any atom is -0.497 e. The van der Waals surface area contributed by atoms with Crippen molar-refractivity contribution < 1.29 is 21.6 Å². The highest BCUT2D eigenvalue weighted by Crippen LogP contribution is 2.33. The van der Waals surface area contributed by atoms with Crippen molar-refractivity contribution in [1.82, 2.24) is 4.90 Å². The summed E-state index contributed by atoms with van der Waals surface area (Å²) in [7, 11) is -5.61. The van der Waals surface area contributed by atoms with Gasteiger partial charge in [0.2, 0.25) is 0 Å². The van der Waals surface area contributed by atoms with E-state index in [4.69, 9.17) is 4.74 Å². The standard InChI is InChI=1S/C18H27NO5S2/c1-13-8-14(2)10-19(9-13)17-11-25(20,21)12-18(17)26(22,23)16-6-4-15(24-3)5-7-16/h4-7,13-14,17-18H,8-12H2,1-3H3/t13-,14+,17-,18-/m1/s1. The van der Waals surface area contributed by atoms with Crippen LogP contribution in [0.4, 0.5) is 0 Å². The number of nitrogens with zero attached hydrogens (tertiary/aromatic N) is 1. The number of piperidine rings is 1. The molecule has 3 rings (SSSR count). The maximum atomic E-state index is 13.2. The highest BCUT2D eigenvalue weighted by atomic mass is 32.2. The average Bonchev–Trinajstić information content (AvgIpc) is 2.90. The lowest BCUT2D eigenvalue weighted by molar-refractivity contribution is 0.107. The molecule has 0 saturated carbocycles. The van der Waals surface area contributed by atoms with Crippen molar-refractivity contribution in [2.75, 3.05) is 31.7 Å². The summed E-state index contributed by atoms with van der Waals surface area (Å²) in [5.74, 6) is 1.06. The zero-order chi connectivity index (χ0) is 19.1. The van der Waals surface area contributed by atoms with E-state index in [9.17, 15) is 16.8 Å². The van der Waals surface area contributed by atoms with Gasteiger partial charge in [-0.15, -0.1) is 0 Å². The largest absolute Gasteiger partial charge is 0.497 e. The number of benzene rings is 1. The van der Waals surface area contributed by atoms with Gasteiger partial charge in [0.1, 0.15) is 5.75 Å². The van der Waals surface area contributed by atoms with Crippen LogP contribution >= 0.6 is 0 Å². The number of methoxy groups -OCH3 is 1. The van der Waals surface area contributed by atoms with Gasteiger partial charge in [0.25, 0.3) is 0 Å². The lowest BCUT2D eigenvalue weighted by Crippen LogP contribution is -2.51. The van der Waals surface area contributed by atoms with Crippen molar-refractivity contribution in [3.63, 3.8) is 0 Å². The van der Waals surface area contributed by atoms with Gasteiger partial charge in [-0.3, -0.25) is 4.90 Å². The molecule has 146 valence electrons. The van der Waals surface area contributed by atoms with Gasteiger partial charge in [0.15, 0.2) is 19.7 Å². The minimum atomic E-state index is -3.74. The number of likely N-dealkylation sites (tertiary alicyclic amines) is 1. The van der Waals surface area contributed by atoms with Gasteiger partial charge in [0.05, 0.1) is 28.8 Å². The molecule has 4 atom stereocenters. The van der Waals surface area contributed by atoms with Crippen LogP contribution in [0.5, 0.6) is 5.75 Å². The zero-order valence-corrected chi connectivity index (χ0v) is 17.1. The van der Waals surface area contributed by atoms with Crippen LogP contribution in [0.2, 0.25) is 0 Å². The quantitative estimate of drug-likeness (QED) is 0.763. The van der Waals surface area contributed by atoms with Gasteiger partial charge in [-0.05, 0) is 42.5 Å². The summed E-state index contributed by atoms with van der Waals surface area (Å²) >= 11 is 0. The number of hydrogen-bond donors (Lipinski definition) is 0. The Kier molecular flexibility index (Phi) is 5.38. The third-order valence-corrected chi connectivity index (χ3v) is 9.56. The van der Waals surface area contributed by atoms with Crippen molar-refractivity contribution in [3.8, 4) is 5.75 Å². The SMILES string of the molecule is COc1ccc(S(=O)(=O)[C@@H]2CS(=O)(=O)C[C@H]2N2C[C@H](C)C[C@H](C)C2)cc1.